The van der Waals surface area contributed by atoms with Crippen LogP contribution in [0, 0.1) is 0 Å². The third-order valence-electron chi connectivity index (χ3n) is 11.2. The SMILES string of the molecule is CCCC/C=C/CCCCCCCC(=O)OC[C@H](CO[C@@H]1O[C@H](CO[C@@H]2O[C@H](CO)[C@H](O)C(O)C2O)[C@H](O)C(O)C1O)OC(=O)/C=C/C=C/CCCCCCCCCCCCC. The molecule has 0 radical (unpaired) electrons. The second-order valence-corrected chi connectivity index (χ2v) is 16.7. The van der Waals surface area contributed by atoms with Crippen molar-refractivity contribution < 1.29 is 73.8 Å². The molecule has 15 heteroatoms. The molecule has 2 heterocycles. The molecule has 2 aliphatic heterocycles. The van der Waals surface area contributed by atoms with Crippen molar-refractivity contribution in [1.29, 1.82) is 0 Å². The fraction of sp³-hybridized carbons (Fsp3) is 0.830. The number of carbonyl (C=O) groups is 2. The van der Waals surface area contributed by atoms with Crippen LogP contribution in [0.4, 0.5) is 0 Å². The van der Waals surface area contributed by atoms with Crippen molar-refractivity contribution in [3.05, 3.63) is 36.5 Å². The van der Waals surface area contributed by atoms with E-state index in [1.165, 1.54) is 76.7 Å². The maximum absolute atomic E-state index is 12.8. The van der Waals surface area contributed by atoms with Gasteiger partial charge in [-0.2, -0.15) is 0 Å². The highest BCUT2D eigenvalue weighted by atomic mass is 16.7. The highest BCUT2D eigenvalue weighted by Gasteiger charge is 2.47. The fourth-order valence-corrected chi connectivity index (χ4v) is 7.22. The van der Waals surface area contributed by atoms with Gasteiger partial charge in [-0.15, -0.1) is 0 Å². The molecule has 0 spiro atoms. The van der Waals surface area contributed by atoms with Gasteiger partial charge in [0.05, 0.1) is 19.8 Å². The van der Waals surface area contributed by atoms with E-state index in [0.29, 0.717) is 6.42 Å². The predicted molar refractivity (Wildman–Crippen MR) is 234 cm³/mol. The number of carbonyl (C=O) groups excluding carboxylic acids is 2. The Morgan fingerprint density at radius 1 is 0.548 bits per heavy atom. The minimum Gasteiger partial charge on any atom is -0.462 e. The topological polar surface area (TPSA) is 231 Å². The summed E-state index contributed by atoms with van der Waals surface area (Å²) in [6, 6.07) is 0. The molecule has 0 amide bonds. The molecule has 4 unspecified atom stereocenters. The molecule has 0 aromatic heterocycles. The minimum atomic E-state index is -1.78. The Labute approximate surface area is 370 Å². The number of rotatable bonds is 35. The summed E-state index contributed by atoms with van der Waals surface area (Å²) in [7, 11) is 0. The van der Waals surface area contributed by atoms with E-state index in [4.69, 9.17) is 28.4 Å². The van der Waals surface area contributed by atoms with Crippen LogP contribution in [-0.2, 0) is 38.0 Å². The highest BCUT2D eigenvalue weighted by Crippen LogP contribution is 2.26. The Balaban J connectivity index is 1.89. The lowest BCUT2D eigenvalue weighted by molar-refractivity contribution is -0.332. The normalized spacial score (nSPS) is 27.4. The van der Waals surface area contributed by atoms with Crippen LogP contribution in [0.3, 0.4) is 0 Å². The third-order valence-corrected chi connectivity index (χ3v) is 11.2. The van der Waals surface area contributed by atoms with E-state index in [-0.39, 0.29) is 13.0 Å². The van der Waals surface area contributed by atoms with Gasteiger partial charge < -0.3 is 64.2 Å². The first kappa shape index (κ1) is 55.9. The maximum Gasteiger partial charge on any atom is 0.331 e. The summed E-state index contributed by atoms with van der Waals surface area (Å²) >= 11 is 0. The number of hydrogen-bond acceptors (Lipinski definition) is 15. The van der Waals surface area contributed by atoms with Gasteiger partial charge in [-0.1, -0.05) is 141 Å². The van der Waals surface area contributed by atoms with E-state index in [1.807, 2.05) is 6.08 Å². The molecule has 2 fully saturated rings. The number of hydrogen-bond donors (Lipinski definition) is 7. The van der Waals surface area contributed by atoms with Crippen LogP contribution in [0.1, 0.15) is 155 Å². The van der Waals surface area contributed by atoms with E-state index in [2.05, 4.69) is 26.0 Å². The van der Waals surface area contributed by atoms with Gasteiger partial charge in [0.15, 0.2) is 18.7 Å². The molecule has 0 aromatic rings. The first-order chi connectivity index (χ1) is 30.0. The van der Waals surface area contributed by atoms with Crippen LogP contribution in [0.5, 0.6) is 0 Å². The van der Waals surface area contributed by atoms with Gasteiger partial charge in [-0.25, -0.2) is 4.79 Å². The zero-order valence-corrected chi connectivity index (χ0v) is 37.6. The summed E-state index contributed by atoms with van der Waals surface area (Å²) in [6.45, 7) is 2.40. The highest BCUT2D eigenvalue weighted by molar-refractivity contribution is 5.82. The summed E-state index contributed by atoms with van der Waals surface area (Å²) in [5.41, 5.74) is 0. The third kappa shape index (κ3) is 23.6. The van der Waals surface area contributed by atoms with Crippen LogP contribution in [0.15, 0.2) is 36.5 Å². The Kier molecular flexibility index (Phi) is 31.6. The quantitative estimate of drug-likeness (QED) is 0.0139. The smallest absolute Gasteiger partial charge is 0.331 e. The first-order valence-corrected chi connectivity index (χ1v) is 23.6. The number of esters is 2. The molecule has 2 aliphatic rings. The number of aliphatic hydroxyl groups excluding tert-OH is 7. The summed E-state index contributed by atoms with van der Waals surface area (Å²) in [5, 5.41) is 71.8. The molecule has 2 saturated heterocycles. The number of allylic oxidation sites excluding steroid dienone is 5. The monoisotopic (exact) mass is 887 g/mol. The molecule has 360 valence electrons. The lowest BCUT2D eigenvalue weighted by Crippen LogP contribution is -2.61. The summed E-state index contributed by atoms with van der Waals surface area (Å²) in [6.07, 6.45) is 18.2. The Bertz CT molecular complexity index is 1230. The van der Waals surface area contributed by atoms with E-state index < -0.39 is 99.3 Å². The number of unbranched alkanes of at least 4 members (excludes halogenated alkanes) is 18. The lowest BCUT2D eigenvalue weighted by Gasteiger charge is -2.42. The Morgan fingerprint density at radius 2 is 1.05 bits per heavy atom. The second kappa shape index (κ2) is 35.0. The molecular formula is C47H82O15. The minimum absolute atomic E-state index is 0.187. The summed E-state index contributed by atoms with van der Waals surface area (Å²) < 4.78 is 33.2. The van der Waals surface area contributed by atoms with Crippen LogP contribution >= 0.6 is 0 Å². The van der Waals surface area contributed by atoms with E-state index in [9.17, 15) is 45.3 Å². The number of ether oxygens (including phenoxy) is 6. The zero-order valence-electron chi connectivity index (χ0n) is 37.6. The van der Waals surface area contributed by atoms with Crippen LogP contribution in [0.2, 0.25) is 0 Å². The molecule has 0 bridgehead atoms. The van der Waals surface area contributed by atoms with E-state index in [0.717, 1.165) is 57.8 Å². The van der Waals surface area contributed by atoms with Gasteiger partial charge >= 0.3 is 11.9 Å². The van der Waals surface area contributed by atoms with E-state index >= 15 is 0 Å². The Morgan fingerprint density at radius 3 is 1.65 bits per heavy atom. The van der Waals surface area contributed by atoms with Crippen molar-refractivity contribution in [3.8, 4) is 0 Å². The van der Waals surface area contributed by atoms with Gasteiger partial charge in [-0.05, 0) is 38.5 Å². The van der Waals surface area contributed by atoms with Crippen LogP contribution < -0.4 is 0 Å². The van der Waals surface area contributed by atoms with Crippen molar-refractivity contribution in [2.75, 3.05) is 26.4 Å². The van der Waals surface area contributed by atoms with Crippen molar-refractivity contribution >= 4 is 11.9 Å². The molecule has 0 saturated carbocycles. The fourth-order valence-electron chi connectivity index (χ4n) is 7.22. The van der Waals surface area contributed by atoms with E-state index in [1.54, 1.807) is 12.2 Å². The lowest BCUT2D eigenvalue weighted by atomic mass is 9.98. The van der Waals surface area contributed by atoms with Gasteiger partial charge in [0.1, 0.15) is 55.4 Å². The van der Waals surface area contributed by atoms with Gasteiger partial charge in [-0.3, -0.25) is 4.79 Å². The summed E-state index contributed by atoms with van der Waals surface area (Å²) in [4.78, 5) is 25.5. The van der Waals surface area contributed by atoms with Gasteiger partial charge in [0.25, 0.3) is 0 Å². The molecule has 0 aromatic carbocycles. The van der Waals surface area contributed by atoms with Crippen molar-refractivity contribution in [2.45, 2.75) is 223 Å². The molecule has 62 heavy (non-hydrogen) atoms. The van der Waals surface area contributed by atoms with Crippen LogP contribution in [-0.4, -0.2) is 142 Å². The summed E-state index contributed by atoms with van der Waals surface area (Å²) in [5.74, 6) is -1.19. The largest absolute Gasteiger partial charge is 0.462 e. The average molecular weight is 887 g/mol. The molecular weight excluding hydrogens is 805 g/mol. The second-order valence-electron chi connectivity index (χ2n) is 16.7. The molecule has 0 aliphatic carbocycles. The molecule has 7 N–H and O–H groups in total. The predicted octanol–water partition coefficient (Wildman–Crippen LogP) is 5.37. The zero-order chi connectivity index (χ0) is 45.4. The van der Waals surface area contributed by atoms with Gasteiger partial charge in [0.2, 0.25) is 0 Å². The van der Waals surface area contributed by atoms with Gasteiger partial charge in [0, 0.05) is 12.5 Å². The molecule has 15 nitrogen and oxygen atoms in total. The average Bonchev–Trinajstić information content (AvgIpc) is 3.26. The standard InChI is InChI=1S/C47H82O15/c1-3-5-7-9-11-13-15-16-17-18-20-22-24-26-28-30-39(50)60-35(32-57-38(49)29-27-25-23-21-19-14-12-10-8-6-4-2)33-58-46-45(56)43(54)41(52)37(62-46)34-59-47-44(55)42(53)40(51)36(31-48)61-47/h10,12,24,26,28,30,35-37,40-48,51-56H,3-9,11,13-23,25,27,29,31-34H2,1-2H3/b12-10+,26-24+,30-28+/t35-,36-,37-,40+,41+,42?,43?,44?,45?,46-,47-/m1/s1. The maximum atomic E-state index is 12.8. The van der Waals surface area contributed by atoms with Crippen molar-refractivity contribution in [3.63, 3.8) is 0 Å². The van der Waals surface area contributed by atoms with Crippen LogP contribution in [0.25, 0.3) is 0 Å². The molecule has 11 atom stereocenters. The first-order valence-electron chi connectivity index (χ1n) is 23.6. The molecule has 2 rings (SSSR count). The van der Waals surface area contributed by atoms with Crippen molar-refractivity contribution in [1.82, 2.24) is 0 Å². The Hall–Kier alpha value is -2.28. The number of aliphatic hydroxyl groups is 7. The van der Waals surface area contributed by atoms with Crippen molar-refractivity contribution in [2.24, 2.45) is 0 Å².